The summed E-state index contributed by atoms with van der Waals surface area (Å²) in [5.41, 5.74) is 1.21. The van der Waals surface area contributed by atoms with E-state index in [1.807, 2.05) is 16.8 Å². The Hall–Kier alpha value is -1.75. The van der Waals surface area contributed by atoms with E-state index in [1.54, 1.807) is 0 Å². The van der Waals surface area contributed by atoms with Crippen molar-refractivity contribution in [2.75, 3.05) is 6.54 Å². The summed E-state index contributed by atoms with van der Waals surface area (Å²) in [6, 6.07) is 4.38. The van der Waals surface area contributed by atoms with Gasteiger partial charge in [0.15, 0.2) is 0 Å². The van der Waals surface area contributed by atoms with Crippen molar-refractivity contribution in [1.29, 1.82) is 0 Å². The van der Waals surface area contributed by atoms with E-state index in [2.05, 4.69) is 46.2 Å². The van der Waals surface area contributed by atoms with Gasteiger partial charge in [-0.3, -0.25) is 0 Å². The van der Waals surface area contributed by atoms with Gasteiger partial charge in [-0.25, -0.2) is 9.13 Å². The molecule has 5 heteroatoms. The molecule has 1 N–H and O–H groups in total. The third kappa shape index (κ3) is 1.72. The Balaban J connectivity index is 2.10. The molecule has 88 valence electrons. The number of hydrogen-bond acceptors (Lipinski definition) is 3. The van der Waals surface area contributed by atoms with E-state index in [4.69, 9.17) is 0 Å². The van der Waals surface area contributed by atoms with Gasteiger partial charge in [-0.1, -0.05) is 6.07 Å². The van der Waals surface area contributed by atoms with E-state index in [-0.39, 0.29) is 6.04 Å². The molecule has 0 saturated heterocycles. The number of hydrogen-bond donors (Lipinski definition) is 1. The zero-order chi connectivity index (χ0) is 11.8. The van der Waals surface area contributed by atoms with Crippen LogP contribution in [-0.2, 0) is 6.54 Å². The SMILES string of the molecule is Cc1ccc[n+](-c2nnc3n2CCNC3C)c1. The van der Waals surface area contributed by atoms with Crippen molar-refractivity contribution in [2.45, 2.75) is 26.4 Å². The number of nitrogens with zero attached hydrogens (tertiary/aromatic N) is 4. The van der Waals surface area contributed by atoms with Crippen LogP contribution in [0.4, 0.5) is 0 Å². The van der Waals surface area contributed by atoms with Gasteiger partial charge in [-0.2, -0.15) is 0 Å². The maximum absolute atomic E-state index is 4.30. The summed E-state index contributed by atoms with van der Waals surface area (Å²) in [5, 5.41) is 12.0. The molecule has 2 aromatic heterocycles. The second-order valence-electron chi connectivity index (χ2n) is 4.47. The Bertz CT molecular complexity index is 546. The molecule has 1 unspecified atom stereocenters. The number of aromatic nitrogens is 4. The Morgan fingerprint density at radius 3 is 3.18 bits per heavy atom. The van der Waals surface area contributed by atoms with Gasteiger partial charge in [-0.15, -0.1) is 0 Å². The standard InChI is InChI=1S/C12H16N5/c1-9-4-3-6-16(8-9)12-15-14-11-10(2)13-5-7-17(11)12/h3-4,6,8,10,13H,5,7H2,1-2H3/q+1. The maximum Gasteiger partial charge on any atom is 0.427 e. The first-order valence-electron chi connectivity index (χ1n) is 5.90. The van der Waals surface area contributed by atoms with Crippen LogP contribution in [0, 0.1) is 6.92 Å². The molecule has 17 heavy (non-hydrogen) atoms. The topological polar surface area (TPSA) is 46.6 Å². The second-order valence-corrected chi connectivity index (χ2v) is 4.47. The fraction of sp³-hybridized carbons (Fsp3) is 0.417. The zero-order valence-corrected chi connectivity index (χ0v) is 10.1. The molecule has 0 fully saturated rings. The highest BCUT2D eigenvalue weighted by atomic mass is 15.4. The van der Waals surface area contributed by atoms with Crippen molar-refractivity contribution in [1.82, 2.24) is 20.1 Å². The van der Waals surface area contributed by atoms with Crippen LogP contribution in [0.1, 0.15) is 24.4 Å². The molecule has 0 spiro atoms. The summed E-state index contributed by atoms with van der Waals surface area (Å²) in [7, 11) is 0. The molecule has 0 aliphatic carbocycles. The van der Waals surface area contributed by atoms with Gasteiger partial charge in [0.2, 0.25) is 5.82 Å². The number of aryl methyl sites for hydroxylation is 1. The number of fused-ring (bicyclic) bond motifs is 1. The van der Waals surface area contributed by atoms with Crippen LogP contribution in [0.2, 0.25) is 0 Å². The Morgan fingerprint density at radius 2 is 2.35 bits per heavy atom. The van der Waals surface area contributed by atoms with Gasteiger partial charge in [0, 0.05) is 11.6 Å². The predicted molar refractivity (Wildman–Crippen MR) is 62.7 cm³/mol. The highest BCUT2D eigenvalue weighted by Gasteiger charge is 2.28. The fourth-order valence-electron chi connectivity index (χ4n) is 2.23. The van der Waals surface area contributed by atoms with Gasteiger partial charge in [0.05, 0.1) is 25.0 Å². The fourth-order valence-corrected chi connectivity index (χ4v) is 2.23. The Labute approximate surface area is 100 Å². The van der Waals surface area contributed by atoms with Crippen LogP contribution in [0.25, 0.3) is 5.95 Å². The molecule has 2 aromatic rings. The van der Waals surface area contributed by atoms with E-state index in [9.17, 15) is 0 Å². The van der Waals surface area contributed by atoms with E-state index in [0.717, 1.165) is 24.9 Å². The first kappa shape index (κ1) is 10.4. The molecule has 0 aromatic carbocycles. The van der Waals surface area contributed by atoms with E-state index in [0.29, 0.717) is 0 Å². The van der Waals surface area contributed by atoms with E-state index >= 15 is 0 Å². The van der Waals surface area contributed by atoms with Crippen molar-refractivity contribution in [2.24, 2.45) is 0 Å². The molecule has 3 heterocycles. The van der Waals surface area contributed by atoms with Crippen LogP contribution < -0.4 is 9.88 Å². The average molecular weight is 230 g/mol. The first-order valence-corrected chi connectivity index (χ1v) is 5.90. The van der Waals surface area contributed by atoms with Crippen molar-refractivity contribution >= 4 is 0 Å². The van der Waals surface area contributed by atoms with Crippen molar-refractivity contribution in [3.8, 4) is 5.95 Å². The first-order chi connectivity index (χ1) is 8.25. The van der Waals surface area contributed by atoms with Crippen molar-refractivity contribution in [3.05, 3.63) is 35.9 Å². The average Bonchev–Trinajstić information content (AvgIpc) is 2.74. The van der Waals surface area contributed by atoms with E-state index in [1.165, 1.54) is 5.56 Å². The molecule has 1 aliphatic rings. The molecule has 1 aliphatic heterocycles. The molecule has 0 saturated carbocycles. The molecule has 0 bridgehead atoms. The normalized spacial score (nSPS) is 19.1. The highest BCUT2D eigenvalue weighted by molar-refractivity contribution is 5.09. The predicted octanol–water partition coefficient (Wildman–Crippen LogP) is 0.527. The Morgan fingerprint density at radius 1 is 1.47 bits per heavy atom. The maximum atomic E-state index is 4.30. The molecule has 5 nitrogen and oxygen atoms in total. The lowest BCUT2D eigenvalue weighted by Gasteiger charge is -2.17. The highest BCUT2D eigenvalue weighted by Crippen LogP contribution is 2.15. The summed E-state index contributed by atoms with van der Waals surface area (Å²) < 4.78 is 4.21. The monoisotopic (exact) mass is 230 g/mol. The van der Waals surface area contributed by atoms with Crippen LogP contribution >= 0.6 is 0 Å². The van der Waals surface area contributed by atoms with Crippen molar-refractivity contribution in [3.63, 3.8) is 0 Å². The summed E-state index contributed by atoms with van der Waals surface area (Å²) in [4.78, 5) is 0. The molecule has 0 amide bonds. The van der Waals surface area contributed by atoms with E-state index < -0.39 is 0 Å². The van der Waals surface area contributed by atoms with Crippen LogP contribution in [0.15, 0.2) is 24.5 Å². The molecule has 3 rings (SSSR count). The van der Waals surface area contributed by atoms with Gasteiger partial charge in [0.25, 0.3) is 0 Å². The molecule has 1 atom stereocenters. The van der Waals surface area contributed by atoms with Gasteiger partial charge in [0.1, 0.15) is 0 Å². The summed E-state index contributed by atoms with van der Waals surface area (Å²) >= 11 is 0. The minimum absolute atomic E-state index is 0.274. The summed E-state index contributed by atoms with van der Waals surface area (Å²) in [6.45, 7) is 6.08. The number of pyridine rings is 1. The van der Waals surface area contributed by atoms with Crippen LogP contribution in [0.5, 0.6) is 0 Å². The van der Waals surface area contributed by atoms with Gasteiger partial charge < -0.3 is 5.32 Å². The van der Waals surface area contributed by atoms with Crippen LogP contribution in [0.3, 0.4) is 0 Å². The minimum atomic E-state index is 0.274. The summed E-state index contributed by atoms with van der Waals surface area (Å²) in [6.07, 6.45) is 4.08. The van der Waals surface area contributed by atoms with Gasteiger partial charge in [-0.05, 0) is 30.6 Å². The number of rotatable bonds is 1. The molecule has 0 radical (unpaired) electrons. The third-order valence-electron chi connectivity index (χ3n) is 3.11. The minimum Gasteiger partial charge on any atom is -0.303 e. The second kappa shape index (κ2) is 3.92. The number of nitrogens with one attached hydrogen (secondary N) is 1. The Kier molecular flexibility index (Phi) is 2.40. The summed E-state index contributed by atoms with van der Waals surface area (Å²) in [5.74, 6) is 1.91. The smallest absolute Gasteiger partial charge is 0.303 e. The molecular weight excluding hydrogens is 214 g/mol. The van der Waals surface area contributed by atoms with Crippen LogP contribution in [-0.4, -0.2) is 21.3 Å². The largest absolute Gasteiger partial charge is 0.427 e. The zero-order valence-electron chi connectivity index (χ0n) is 10.1. The van der Waals surface area contributed by atoms with Crippen molar-refractivity contribution < 1.29 is 4.57 Å². The quantitative estimate of drug-likeness (QED) is 0.727. The lowest BCUT2D eigenvalue weighted by Crippen LogP contribution is -2.39. The third-order valence-corrected chi connectivity index (χ3v) is 3.11. The lowest BCUT2D eigenvalue weighted by molar-refractivity contribution is -0.606. The molecular formula is C12H16N5+. The lowest BCUT2D eigenvalue weighted by atomic mass is 10.2. The van der Waals surface area contributed by atoms with Gasteiger partial charge >= 0.3 is 5.95 Å².